The van der Waals surface area contributed by atoms with Crippen molar-refractivity contribution >= 4 is 5.91 Å². The van der Waals surface area contributed by atoms with Crippen molar-refractivity contribution in [3.63, 3.8) is 0 Å². The topological polar surface area (TPSA) is 46.3 Å². The molecule has 0 aliphatic rings. The van der Waals surface area contributed by atoms with E-state index in [9.17, 15) is 4.79 Å². The average molecular weight is 154 g/mol. The molecule has 0 spiro atoms. The van der Waals surface area contributed by atoms with Crippen molar-refractivity contribution in [2.24, 2.45) is 0 Å². The monoisotopic (exact) mass is 154 g/mol. The second-order valence-corrected chi connectivity index (χ2v) is 2.53. The Bertz CT molecular complexity index is 265. The lowest BCUT2D eigenvalue weighted by atomic mass is 10.3. The van der Waals surface area contributed by atoms with Crippen LogP contribution in [0.1, 0.15) is 16.2 Å². The number of rotatable bonds is 1. The van der Waals surface area contributed by atoms with Crippen LogP contribution in [0.15, 0.2) is 10.6 Å². The highest BCUT2D eigenvalue weighted by Crippen LogP contribution is 2.03. The van der Waals surface area contributed by atoms with Crippen LogP contribution in [0, 0.1) is 6.92 Å². The molecular formula is C7H10N2O2. The van der Waals surface area contributed by atoms with Crippen molar-refractivity contribution in [2.45, 2.75) is 6.92 Å². The minimum absolute atomic E-state index is 0.161. The van der Waals surface area contributed by atoms with Gasteiger partial charge in [-0.3, -0.25) is 4.79 Å². The minimum atomic E-state index is -0.161. The summed E-state index contributed by atoms with van der Waals surface area (Å²) in [5.74, 6) is 0.123. The van der Waals surface area contributed by atoms with E-state index in [0.29, 0.717) is 0 Å². The molecule has 0 aliphatic carbocycles. The Morgan fingerprint density at radius 3 is 2.64 bits per heavy atom. The van der Waals surface area contributed by atoms with Gasteiger partial charge >= 0.3 is 0 Å². The Morgan fingerprint density at radius 1 is 1.64 bits per heavy atom. The van der Waals surface area contributed by atoms with Crippen LogP contribution in [0.2, 0.25) is 0 Å². The second-order valence-electron chi connectivity index (χ2n) is 2.53. The first-order valence-corrected chi connectivity index (χ1v) is 3.26. The van der Waals surface area contributed by atoms with Crippen LogP contribution in [0.5, 0.6) is 0 Å². The fraction of sp³-hybridized carbons (Fsp3) is 0.429. The van der Waals surface area contributed by atoms with Crippen molar-refractivity contribution in [3.8, 4) is 0 Å². The number of aromatic nitrogens is 1. The molecule has 11 heavy (non-hydrogen) atoms. The molecule has 0 saturated heterocycles. The summed E-state index contributed by atoms with van der Waals surface area (Å²) in [6, 6.07) is 1.61. The number of hydrogen-bond acceptors (Lipinski definition) is 3. The van der Waals surface area contributed by atoms with Crippen LogP contribution in [-0.2, 0) is 0 Å². The van der Waals surface area contributed by atoms with Gasteiger partial charge in [0.25, 0.3) is 5.91 Å². The molecule has 1 rings (SSSR count). The van der Waals surface area contributed by atoms with E-state index in [1.54, 1.807) is 27.1 Å². The van der Waals surface area contributed by atoms with Crippen LogP contribution in [0.4, 0.5) is 0 Å². The molecule has 4 nitrogen and oxygen atoms in total. The first kappa shape index (κ1) is 7.78. The average Bonchev–Trinajstić information content (AvgIpc) is 2.34. The van der Waals surface area contributed by atoms with Gasteiger partial charge in [-0.05, 0) is 6.92 Å². The third kappa shape index (κ3) is 1.58. The van der Waals surface area contributed by atoms with Gasteiger partial charge in [-0.25, -0.2) is 0 Å². The van der Waals surface area contributed by atoms with Gasteiger partial charge in [0, 0.05) is 20.2 Å². The molecular weight excluding hydrogens is 144 g/mol. The van der Waals surface area contributed by atoms with Gasteiger partial charge < -0.3 is 9.42 Å². The molecule has 0 fully saturated rings. The van der Waals surface area contributed by atoms with Crippen molar-refractivity contribution in [1.29, 1.82) is 0 Å². The Labute approximate surface area is 64.8 Å². The summed E-state index contributed by atoms with van der Waals surface area (Å²) in [7, 11) is 3.33. The first-order chi connectivity index (χ1) is 5.11. The number of aryl methyl sites for hydroxylation is 1. The lowest BCUT2D eigenvalue weighted by Crippen LogP contribution is -2.20. The van der Waals surface area contributed by atoms with Crippen molar-refractivity contribution in [3.05, 3.63) is 17.5 Å². The molecule has 0 N–H and O–H groups in total. The summed E-state index contributed by atoms with van der Waals surface area (Å²) in [5.41, 5.74) is 0.718. The molecule has 4 heteroatoms. The van der Waals surface area contributed by atoms with E-state index >= 15 is 0 Å². The summed E-state index contributed by atoms with van der Waals surface area (Å²) >= 11 is 0. The molecule has 0 aliphatic heterocycles. The van der Waals surface area contributed by atoms with E-state index < -0.39 is 0 Å². The summed E-state index contributed by atoms with van der Waals surface area (Å²) in [5, 5.41) is 3.60. The number of carbonyl (C=O) groups is 1. The molecule has 1 amide bonds. The zero-order valence-corrected chi connectivity index (χ0v) is 6.79. The molecule has 0 bridgehead atoms. The summed E-state index contributed by atoms with van der Waals surface area (Å²) in [6.07, 6.45) is 0. The van der Waals surface area contributed by atoms with Crippen LogP contribution in [0.25, 0.3) is 0 Å². The third-order valence-electron chi connectivity index (χ3n) is 1.24. The Kier molecular flexibility index (Phi) is 1.94. The zero-order valence-electron chi connectivity index (χ0n) is 6.79. The number of hydrogen-bond donors (Lipinski definition) is 0. The van der Waals surface area contributed by atoms with E-state index in [1.165, 1.54) is 4.90 Å². The molecule has 60 valence electrons. The van der Waals surface area contributed by atoms with Gasteiger partial charge in [0.2, 0.25) is 5.76 Å². The van der Waals surface area contributed by atoms with E-state index in [0.717, 1.165) is 5.69 Å². The maximum Gasteiger partial charge on any atom is 0.291 e. The van der Waals surface area contributed by atoms with Crippen LogP contribution in [0.3, 0.4) is 0 Å². The van der Waals surface area contributed by atoms with E-state index in [-0.39, 0.29) is 11.7 Å². The fourth-order valence-corrected chi connectivity index (χ4v) is 0.685. The lowest BCUT2D eigenvalue weighted by molar-refractivity contribution is 0.0787. The van der Waals surface area contributed by atoms with Crippen LogP contribution in [-0.4, -0.2) is 30.1 Å². The Balaban J connectivity index is 2.85. The summed E-state index contributed by atoms with van der Waals surface area (Å²) < 4.78 is 4.75. The van der Waals surface area contributed by atoms with Crippen LogP contribution < -0.4 is 0 Å². The van der Waals surface area contributed by atoms with Crippen molar-refractivity contribution < 1.29 is 9.32 Å². The van der Waals surface area contributed by atoms with Gasteiger partial charge in [0.05, 0.1) is 5.69 Å². The molecule has 1 heterocycles. The van der Waals surface area contributed by atoms with Gasteiger partial charge in [0.1, 0.15) is 0 Å². The quantitative estimate of drug-likeness (QED) is 0.597. The minimum Gasteiger partial charge on any atom is -0.351 e. The highest BCUT2D eigenvalue weighted by atomic mass is 16.5. The van der Waals surface area contributed by atoms with E-state index in [1.807, 2.05) is 0 Å². The van der Waals surface area contributed by atoms with Crippen molar-refractivity contribution in [2.75, 3.05) is 14.1 Å². The third-order valence-corrected chi connectivity index (χ3v) is 1.24. The van der Waals surface area contributed by atoms with Gasteiger partial charge in [-0.2, -0.15) is 0 Å². The van der Waals surface area contributed by atoms with Gasteiger partial charge in [-0.1, -0.05) is 5.16 Å². The maximum absolute atomic E-state index is 11.1. The van der Waals surface area contributed by atoms with E-state index in [4.69, 9.17) is 4.52 Å². The highest BCUT2D eigenvalue weighted by molar-refractivity contribution is 5.90. The SMILES string of the molecule is Cc1cc(C(=O)N(C)C)on1. The van der Waals surface area contributed by atoms with Gasteiger partial charge in [0.15, 0.2) is 0 Å². The standard InChI is InChI=1S/C7H10N2O2/c1-5-4-6(11-8-5)7(10)9(2)3/h4H,1-3H3. The van der Waals surface area contributed by atoms with Crippen LogP contribution >= 0.6 is 0 Å². The molecule has 0 saturated carbocycles. The number of amides is 1. The maximum atomic E-state index is 11.1. The Morgan fingerprint density at radius 2 is 2.27 bits per heavy atom. The second kappa shape index (κ2) is 2.74. The summed E-state index contributed by atoms with van der Waals surface area (Å²) in [4.78, 5) is 12.6. The predicted molar refractivity (Wildman–Crippen MR) is 39.3 cm³/mol. The predicted octanol–water partition coefficient (Wildman–Crippen LogP) is 0.685. The van der Waals surface area contributed by atoms with E-state index in [2.05, 4.69) is 5.16 Å². The number of carbonyl (C=O) groups excluding carboxylic acids is 1. The summed E-state index contributed by atoms with van der Waals surface area (Å²) in [6.45, 7) is 1.77. The molecule has 0 atom stereocenters. The highest BCUT2D eigenvalue weighted by Gasteiger charge is 2.12. The van der Waals surface area contributed by atoms with Gasteiger partial charge in [-0.15, -0.1) is 0 Å². The molecule has 0 aromatic carbocycles. The normalized spacial score (nSPS) is 9.73. The zero-order chi connectivity index (χ0) is 8.43. The molecule has 1 aromatic rings. The fourth-order valence-electron chi connectivity index (χ4n) is 0.685. The molecule has 0 radical (unpaired) electrons. The Hall–Kier alpha value is -1.32. The first-order valence-electron chi connectivity index (χ1n) is 3.26. The van der Waals surface area contributed by atoms with Crippen molar-refractivity contribution in [1.82, 2.24) is 10.1 Å². The molecule has 0 unspecified atom stereocenters. The smallest absolute Gasteiger partial charge is 0.291 e. The number of nitrogens with zero attached hydrogens (tertiary/aromatic N) is 2. The lowest BCUT2D eigenvalue weighted by Gasteiger charge is -2.05. The largest absolute Gasteiger partial charge is 0.351 e. The molecule has 1 aromatic heterocycles.